The molecule has 0 spiro atoms. The Kier molecular flexibility index (Phi) is 3.15. The molecule has 0 fully saturated rings. The molecule has 1 heterocycles. The van der Waals surface area contributed by atoms with E-state index in [9.17, 15) is 8.42 Å². The maximum atomic E-state index is 11.5. The van der Waals surface area contributed by atoms with Gasteiger partial charge in [-0.1, -0.05) is 0 Å². The van der Waals surface area contributed by atoms with Gasteiger partial charge in [0.1, 0.15) is 4.75 Å². The van der Waals surface area contributed by atoms with Crippen molar-refractivity contribution in [3.05, 3.63) is 11.8 Å². The van der Waals surface area contributed by atoms with Gasteiger partial charge in [-0.05, 0) is 20.9 Å². The molecule has 1 rings (SSSR count). The minimum absolute atomic E-state index is 0.121. The van der Waals surface area contributed by atoms with E-state index in [0.717, 1.165) is 6.26 Å². The van der Waals surface area contributed by atoms with Crippen LogP contribution in [-0.4, -0.2) is 31.9 Å². The molecule has 0 aliphatic carbocycles. The quantitative estimate of drug-likeness (QED) is 0.792. The fraction of sp³-hybridized carbons (Fsp3) is 0.750. The van der Waals surface area contributed by atoms with Gasteiger partial charge in [0.25, 0.3) is 0 Å². The summed E-state index contributed by atoms with van der Waals surface area (Å²) < 4.78 is 27.1. The zero-order valence-corrected chi connectivity index (χ0v) is 10.1. The molecule has 0 aliphatic rings. The van der Waals surface area contributed by atoms with Gasteiger partial charge >= 0.3 is 0 Å². The van der Waals surface area contributed by atoms with E-state index in [2.05, 4.69) is 15.5 Å². The third-order valence-corrected chi connectivity index (χ3v) is 4.27. The second-order valence-corrected chi connectivity index (χ2v) is 6.38. The summed E-state index contributed by atoms with van der Waals surface area (Å²) in [6.45, 7) is 3.50. The zero-order valence-electron chi connectivity index (χ0n) is 9.23. The van der Waals surface area contributed by atoms with E-state index < -0.39 is 14.6 Å². The first-order valence-electron chi connectivity index (χ1n) is 4.46. The highest BCUT2D eigenvalue weighted by molar-refractivity contribution is 7.91. The molecule has 0 aromatic carbocycles. The molecule has 7 heteroatoms. The first kappa shape index (κ1) is 12.1. The van der Waals surface area contributed by atoms with Crippen LogP contribution in [0.5, 0.6) is 0 Å². The molecule has 0 atom stereocenters. The van der Waals surface area contributed by atoms with Gasteiger partial charge in [0.15, 0.2) is 9.84 Å². The van der Waals surface area contributed by atoms with Crippen molar-refractivity contribution in [3.8, 4) is 0 Å². The number of sulfone groups is 1. The van der Waals surface area contributed by atoms with Crippen molar-refractivity contribution in [1.82, 2.24) is 15.5 Å². The van der Waals surface area contributed by atoms with Crippen LogP contribution in [0, 0.1) is 0 Å². The van der Waals surface area contributed by atoms with Crippen LogP contribution in [0.2, 0.25) is 0 Å². The fourth-order valence-corrected chi connectivity index (χ4v) is 1.28. The van der Waals surface area contributed by atoms with Gasteiger partial charge < -0.3 is 9.73 Å². The summed E-state index contributed by atoms with van der Waals surface area (Å²) in [5.74, 6) is 0.500. The molecule has 1 N–H and O–H groups in total. The van der Waals surface area contributed by atoms with Crippen LogP contribution in [0.1, 0.15) is 25.6 Å². The maximum absolute atomic E-state index is 11.5. The van der Waals surface area contributed by atoms with E-state index in [1.54, 1.807) is 20.9 Å². The minimum atomic E-state index is -3.27. The standard InChI is InChI=1S/C8H15N3O3S/c1-8(2,15(4,12)13)7-11-10-6(14-7)5-9-3/h9H,5H2,1-4H3. The SMILES string of the molecule is CNCc1nnc(C(C)(C)S(C)(=O)=O)o1. The highest BCUT2D eigenvalue weighted by Gasteiger charge is 2.37. The Labute approximate surface area is 89.0 Å². The van der Waals surface area contributed by atoms with Crippen molar-refractivity contribution >= 4 is 9.84 Å². The second-order valence-electron chi connectivity index (χ2n) is 3.81. The number of aromatic nitrogens is 2. The lowest BCUT2D eigenvalue weighted by Crippen LogP contribution is -2.28. The molecule has 0 radical (unpaired) electrons. The zero-order chi connectivity index (χ0) is 11.7. The number of rotatable bonds is 4. The molecular formula is C8H15N3O3S. The monoisotopic (exact) mass is 233 g/mol. The van der Waals surface area contributed by atoms with Crippen molar-refractivity contribution in [3.63, 3.8) is 0 Å². The third-order valence-electron chi connectivity index (χ3n) is 2.24. The van der Waals surface area contributed by atoms with Gasteiger partial charge in [0.05, 0.1) is 6.54 Å². The molecule has 0 saturated heterocycles. The Morgan fingerprint density at radius 2 is 2.00 bits per heavy atom. The minimum Gasteiger partial charge on any atom is -0.422 e. The summed E-state index contributed by atoms with van der Waals surface area (Å²) in [6, 6.07) is 0. The average molecular weight is 233 g/mol. The van der Waals surface area contributed by atoms with Crippen LogP contribution in [0.3, 0.4) is 0 Å². The number of hydrogen-bond acceptors (Lipinski definition) is 6. The van der Waals surface area contributed by atoms with Crippen LogP contribution >= 0.6 is 0 Å². The summed E-state index contributed by atoms with van der Waals surface area (Å²) in [6.07, 6.45) is 1.15. The van der Waals surface area contributed by atoms with Gasteiger partial charge in [-0.2, -0.15) is 0 Å². The Balaban J connectivity index is 3.06. The molecule has 15 heavy (non-hydrogen) atoms. The van der Waals surface area contributed by atoms with E-state index in [0.29, 0.717) is 12.4 Å². The summed E-state index contributed by atoms with van der Waals surface area (Å²) in [5.41, 5.74) is 0. The van der Waals surface area contributed by atoms with E-state index in [1.165, 1.54) is 0 Å². The van der Waals surface area contributed by atoms with Crippen molar-refractivity contribution in [2.75, 3.05) is 13.3 Å². The molecule has 6 nitrogen and oxygen atoms in total. The lowest BCUT2D eigenvalue weighted by atomic mass is 10.2. The largest absolute Gasteiger partial charge is 0.422 e. The molecule has 1 aromatic heterocycles. The first-order chi connectivity index (χ1) is 6.79. The van der Waals surface area contributed by atoms with Crippen LogP contribution < -0.4 is 5.32 Å². The van der Waals surface area contributed by atoms with Crippen molar-refractivity contribution in [1.29, 1.82) is 0 Å². The highest BCUT2D eigenvalue weighted by Crippen LogP contribution is 2.27. The summed E-state index contributed by atoms with van der Waals surface area (Å²) in [7, 11) is -1.53. The van der Waals surface area contributed by atoms with Crippen LogP contribution in [0.4, 0.5) is 0 Å². The lowest BCUT2D eigenvalue weighted by Gasteiger charge is -2.16. The van der Waals surface area contributed by atoms with Crippen molar-refractivity contribution in [2.24, 2.45) is 0 Å². The second kappa shape index (κ2) is 3.90. The molecule has 0 bridgehead atoms. The van der Waals surface area contributed by atoms with Gasteiger partial charge in [-0.3, -0.25) is 0 Å². The number of nitrogens with zero attached hydrogens (tertiary/aromatic N) is 2. The Bertz CT molecular complexity index is 436. The third kappa shape index (κ3) is 2.35. The van der Waals surface area contributed by atoms with Gasteiger partial charge in [-0.15, -0.1) is 10.2 Å². The van der Waals surface area contributed by atoms with Gasteiger partial charge in [0.2, 0.25) is 11.8 Å². The van der Waals surface area contributed by atoms with Gasteiger partial charge in [0, 0.05) is 6.26 Å². The van der Waals surface area contributed by atoms with Crippen molar-refractivity contribution < 1.29 is 12.8 Å². The molecule has 0 saturated carbocycles. The van der Waals surface area contributed by atoms with Crippen LogP contribution in [0.25, 0.3) is 0 Å². The predicted octanol–water partition coefficient (Wildman–Crippen LogP) is 0.0687. The number of hydrogen-bond donors (Lipinski definition) is 1. The lowest BCUT2D eigenvalue weighted by molar-refractivity contribution is 0.400. The Morgan fingerprint density at radius 3 is 2.47 bits per heavy atom. The first-order valence-corrected chi connectivity index (χ1v) is 6.35. The van der Waals surface area contributed by atoms with E-state index >= 15 is 0 Å². The molecule has 0 aliphatic heterocycles. The molecule has 0 unspecified atom stereocenters. The van der Waals surface area contributed by atoms with Gasteiger partial charge in [-0.25, -0.2) is 8.42 Å². The molecule has 0 amide bonds. The van der Waals surface area contributed by atoms with Crippen LogP contribution in [0.15, 0.2) is 4.42 Å². The fourth-order valence-electron chi connectivity index (χ4n) is 0.878. The summed E-state index contributed by atoms with van der Waals surface area (Å²) in [4.78, 5) is 0. The molecule has 86 valence electrons. The Morgan fingerprint density at radius 1 is 1.40 bits per heavy atom. The van der Waals surface area contributed by atoms with Crippen molar-refractivity contribution in [2.45, 2.75) is 25.1 Å². The maximum Gasteiger partial charge on any atom is 0.237 e. The summed E-state index contributed by atoms with van der Waals surface area (Å²) >= 11 is 0. The normalized spacial score (nSPS) is 13.1. The van der Waals surface area contributed by atoms with Crippen LogP contribution in [-0.2, 0) is 21.1 Å². The molecular weight excluding hydrogens is 218 g/mol. The van der Waals surface area contributed by atoms with E-state index in [4.69, 9.17) is 4.42 Å². The average Bonchev–Trinajstić information content (AvgIpc) is 2.51. The smallest absolute Gasteiger partial charge is 0.237 e. The molecule has 1 aromatic rings. The summed E-state index contributed by atoms with van der Waals surface area (Å²) in [5, 5.41) is 10.3. The number of nitrogens with one attached hydrogen (secondary N) is 1. The highest BCUT2D eigenvalue weighted by atomic mass is 32.2. The van der Waals surface area contributed by atoms with E-state index in [1.807, 2.05) is 0 Å². The Hall–Kier alpha value is -0.950. The predicted molar refractivity (Wildman–Crippen MR) is 54.9 cm³/mol. The van der Waals surface area contributed by atoms with E-state index in [-0.39, 0.29) is 5.89 Å². The topological polar surface area (TPSA) is 85.1 Å².